The molecule has 0 spiro atoms. The molecule has 0 radical (unpaired) electrons. The first-order valence-corrected chi connectivity index (χ1v) is 6.49. The first-order valence-electron chi connectivity index (χ1n) is 6.08. The number of ether oxygens (including phenoxy) is 1. The molecule has 0 aromatic heterocycles. The number of hydrogen-bond acceptors (Lipinski definition) is 2. The summed E-state index contributed by atoms with van der Waals surface area (Å²) in [6, 6.07) is 6.27. The van der Waals surface area contributed by atoms with Crippen LogP contribution in [0.25, 0.3) is 0 Å². The van der Waals surface area contributed by atoms with Gasteiger partial charge in [0.15, 0.2) is 28.4 Å². The smallest absolute Gasteiger partial charge is 0.200 e. The first kappa shape index (κ1) is 16.9. The van der Waals surface area contributed by atoms with Crippen molar-refractivity contribution >= 4 is 28.7 Å². The molecule has 0 saturated carbocycles. The van der Waals surface area contributed by atoms with Crippen molar-refractivity contribution in [2.75, 3.05) is 17.7 Å². The average molecular weight is 348 g/mol. The van der Waals surface area contributed by atoms with E-state index >= 15 is 0 Å². The van der Waals surface area contributed by atoms with Crippen LogP contribution in [0.3, 0.4) is 0 Å². The van der Waals surface area contributed by atoms with Crippen LogP contribution >= 0.6 is 12.2 Å². The maximum atomic E-state index is 13.5. The summed E-state index contributed by atoms with van der Waals surface area (Å²) < 4.78 is 71.1. The molecule has 0 fully saturated rings. The van der Waals surface area contributed by atoms with Gasteiger partial charge in [0.1, 0.15) is 11.4 Å². The highest BCUT2D eigenvalue weighted by Crippen LogP contribution is 2.27. The molecule has 2 N–H and O–H groups in total. The SMILES string of the molecule is COc1ccc(NC(=S)Nc2c(F)c(F)c(F)c(F)c2F)cc1. The highest BCUT2D eigenvalue weighted by Gasteiger charge is 2.26. The summed E-state index contributed by atoms with van der Waals surface area (Å²) in [5.74, 6) is -9.79. The van der Waals surface area contributed by atoms with Crippen LogP contribution < -0.4 is 15.4 Å². The fourth-order valence-electron chi connectivity index (χ4n) is 1.66. The van der Waals surface area contributed by atoms with Crippen LogP contribution in [0.1, 0.15) is 0 Å². The van der Waals surface area contributed by atoms with Crippen LogP contribution in [-0.4, -0.2) is 12.2 Å². The van der Waals surface area contributed by atoms with Gasteiger partial charge in [-0.25, -0.2) is 22.0 Å². The van der Waals surface area contributed by atoms with Crippen molar-refractivity contribution in [1.29, 1.82) is 0 Å². The number of anilines is 2. The molecule has 2 rings (SSSR count). The van der Waals surface area contributed by atoms with Gasteiger partial charge in [0.05, 0.1) is 7.11 Å². The zero-order valence-corrected chi connectivity index (χ0v) is 12.3. The van der Waals surface area contributed by atoms with Crippen LogP contribution in [0, 0.1) is 29.1 Å². The largest absolute Gasteiger partial charge is 0.497 e. The molecule has 0 atom stereocenters. The molecule has 0 aliphatic carbocycles. The molecule has 9 heteroatoms. The lowest BCUT2D eigenvalue weighted by Gasteiger charge is -2.13. The third-order valence-electron chi connectivity index (χ3n) is 2.80. The molecule has 0 heterocycles. The lowest BCUT2D eigenvalue weighted by Crippen LogP contribution is -2.22. The Labute approximate surface area is 133 Å². The van der Waals surface area contributed by atoms with E-state index in [-0.39, 0.29) is 5.11 Å². The maximum absolute atomic E-state index is 13.5. The maximum Gasteiger partial charge on any atom is 0.200 e. The Hall–Kier alpha value is -2.42. The molecule has 3 nitrogen and oxygen atoms in total. The van der Waals surface area contributed by atoms with E-state index in [0.29, 0.717) is 11.4 Å². The zero-order chi connectivity index (χ0) is 17.1. The van der Waals surface area contributed by atoms with E-state index in [9.17, 15) is 22.0 Å². The summed E-state index contributed by atoms with van der Waals surface area (Å²) in [6.07, 6.45) is 0. The number of nitrogens with one attached hydrogen (secondary N) is 2. The van der Waals surface area contributed by atoms with E-state index in [1.54, 1.807) is 24.3 Å². The van der Waals surface area contributed by atoms with Crippen molar-refractivity contribution in [3.05, 3.63) is 53.4 Å². The number of hydrogen-bond donors (Lipinski definition) is 2. The Morgan fingerprint density at radius 2 is 1.30 bits per heavy atom. The lowest BCUT2D eigenvalue weighted by molar-refractivity contribution is 0.382. The minimum Gasteiger partial charge on any atom is -0.497 e. The Morgan fingerprint density at radius 1 is 0.826 bits per heavy atom. The topological polar surface area (TPSA) is 33.3 Å². The predicted molar refractivity (Wildman–Crippen MR) is 79.1 cm³/mol. The second-order valence-corrected chi connectivity index (χ2v) is 4.66. The van der Waals surface area contributed by atoms with Crippen LogP contribution in [0.5, 0.6) is 5.75 Å². The molecule has 23 heavy (non-hydrogen) atoms. The van der Waals surface area contributed by atoms with E-state index in [4.69, 9.17) is 17.0 Å². The van der Waals surface area contributed by atoms with Crippen molar-refractivity contribution in [2.45, 2.75) is 0 Å². The van der Waals surface area contributed by atoms with Crippen LogP contribution in [0.2, 0.25) is 0 Å². The summed E-state index contributed by atoms with van der Waals surface area (Å²) in [5, 5.41) is 4.15. The zero-order valence-electron chi connectivity index (χ0n) is 11.5. The fourth-order valence-corrected chi connectivity index (χ4v) is 1.88. The second-order valence-electron chi connectivity index (χ2n) is 4.25. The molecular formula is C14H9F5N2OS. The normalized spacial score (nSPS) is 10.3. The van der Waals surface area contributed by atoms with Gasteiger partial charge in [-0.05, 0) is 36.5 Å². The van der Waals surface area contributed by atoms with E-state index in [2.05, 4.69) is 5.32 Å². The van der Waals surface area contributed by atoms with Gasteiger partial charge in [-0.3, -0.25) is 0 Å². The van der Waals surface area contributed by atoms with Gasteiger partial charge in [-0.15, -0.1) is 0 Å². The predicted octanol–water partition coefficient (Wildman–Crippen LogP) is 4.20. The molecule has 0 aliphatic rings. The minimum absolute atomic E-state index is 0.349. The summed E-state index contributed by atoms with van der Waals surface area (Å²) in [5.41, 5.74) is -0.806. The van der Waals surface area contributed by atoms with Gasteiger partial charge in [0, 0.05) is 5.69 Å². The fraction of sp³-hybridized carbons (Fsp3) is 0.0714. The van der Waals surface area contributed by atoms with Crippen molar-refractivity contribution in [3.8, 4) is 5.75 Å². The molecule has 0 bridgehead atoms. The van der Waals surface area contributed by atoms with Gasteiger partial charge < -0.3 is 15.4 Å². The molecule has 0 saturated heterocycles. The molecule has 122 valence electrons. The van der Waals surface area contributed by atoms with Crippen molar-refractivity contribution in [1.82, 2.24) is 0 Å². The summed E-state index contributed by atoms with van der Waals surface area (Å²) in [6.45, 7) is 0. The lowest BCUT2D eigenvalue weighted by atomic mass is 10.2. The molecule has 0 aliphatic heterocycles. The second kappa shape index (κ2) is 6.78. The van der Waals surface area contributed by atoms with Gasteiger partial charge in [0.25, 0.3) is 0 Å². The third kappa shape index (κ3) is 3.50. The highest BCUT2D eigenvalue weighted by atomic mass is 32.1. The van der Waals surface area contributed by atoms with Crippen molar-refractivity contribution < 1.29 is 26.7 Å². The van der Waals surface area contributed by atoms with Crippen molar-refractivity contribution in [2.24, 2.45) is 0 Å². The summed E-state index contributed by atoms with van der Waals surface area (Å²) >= 11 is 4.79. The monoisotopic (exact) mass is 348 g/mol. The number of rotatable bonds is 3. The summed E-state index contributed by atoms with van der Waals surface area (Å²) in [4.78, 5) is 0. The van der Waals surface area contributed by atoms with E-state index in [1.807, 2.05) is 5.32 Å². The molecular weight excluding hydrogens is 339 g/mol. The minimum atomic E-state index is -2.24. The van der Waals surface area contributed by atoms with Crippen LogP contribution in [-0.2, 0) is 0 Å². The third-order valence-corrected chi connectivity index (χ3v) is 3.00. The number of halogens is 5. The molecule has 2 aromatic carbocycles. The van der Waals surface area contributed by atoms with Crippen LogP contribution in [0.4, 0.5) is 33.3 Å². The standard InChI is InChI=1S/C14H9F5N2OS/c1-22-7-4-2-6(3-5-7)20-14(23)21-13-11(18)9(16)8(15)10(17)12(13)19/h2-5H,1H3,(H2,20,21,23). The summed E-state index contributed by atoms with van der Waals surface area (Å²) in [7, 11) is 1.47. The number of benzene rings is 2. The van der Waals surface area contributed by atoms with Gasteiger partial charge in [0.2, 0.25) is 5.82 Å². The number of methoxy groups -OCH3 is 1. The molecule has 2 aromatic rings. The molecule has 0 amide bonds. The quantitative estimate of drug-likeness (QED) is 0.377. The van der Waals surface area contributed by atoms with Gasteiger partial charge in [-0.1, -0.05) is 0 Å². The van der Waals surface area contributed by atoms with E-state index in [0.717, 1.165) is 0 Å². The van der Waals surface area contributed by atoms with Crippen molar-refractivity contribution in [3.63, 3.8) is 0 Å². The number of thiocarbonyl (C=S) groups is 1. The van der Waals surface area contributed by atoms with Gasteiger partial charge >= 0.3 is 0 Å². The van der Waals surface area contributed by atoms with E-state index in [1.165, 1.54) is 7.11 Å². The Balaban J connectivity index is 2.20. The Morgan fingerprint density at radius 3 is 1.78 bits per heavy atom. The van der Waals surface area contributed by atoms with Crippen LogP contribution in [0.15, 0.2) is 24.3 Å². The highest BCUT2D eigenvalue weighted by molar-refractivity contribution is 7.80. The Bertz CT molecular complexity index is 723. The first-order chi connectivity index (χ1) is 10.8. The molecule has 0 unspecified atom stereocenters. The average Bonchev–Trinajstić information content (AvgIpc) is 2.56. The Kier molecular flexibility index (Phi) is 4.99. The van der Waals surface area contributed by atoms with E-state index < -0.39 is 34.8 Å². The van der Waals surface area contributed by atoms with Gasteiger partial charge in [-0.2, -0.15) is 0 Å².